The number of benzene rings is 1. The topological polar surface area (TPSA) is 58.6 Å². The minimum absolute atomic E-state index is 0.262. The molecule has 1 aliphatic rings. The van der Waals surface area contributed by atoms with Crippen molar-refractivity contribution >= 4 is 11.5 Å². The summed E-state index contributed by atoms with van der Waals surface area (Å²) < 4.78 is 16.6. The van der Waals surface area contributed by atoms with E-state index in [0.717, 1.165) is 25.3 Å². The Morgan fingerprint density at radius 1 is 1.12 bits per heavy atom. The van der Waals surface area contributed by atoms with Gasteiger partial charge in [-0.05, 0) is 108 Å². The zero-order valence-electron chi connectivity index (χ0n) is 21.3. The Labute approximate surface area is 199 Å². The Morgan fingerprint density at radius 3 is 2.24 bits per heavy atom. The van der Waals surface area contributed by atoms with E-state index in [4.69, 9.17) is 0 Å². The van der Waals surface area contributed by atoms with Gasteiger partial charge in [0.25, 0.3) is 0 Å². The van der Waals surface area contributed by atoms with Crippen molar-refractivity contribution < 1.29 is 4.39 Å². The zero-order chi connectivity index (χ0) is 25.0. The lowest BCUT2D eigenvalue weighted by Crippen LogP contribution is -2.20. The van der Waals surface area contributed by atoms with Crippen LogP contribution in [0.25, 0.3) is 0 Å². The van der Waals surface area contributed by atoms with Crippen LogP contribution in [-0.4, -0.2) is 41.6 Å². The number of nitrogens with zero attached hydrogens (tertiary/aromatic N) is 3. The van der Waals surface area contributed by atoms with E-state index in [1.807, 2.05) is 23.9 Å². The van der Waals surface area contributed by atoms with Crippen LogP contribution in [-0.2, 0) is 6.54 Å². The van der Waals surface area contributed by atoms with Crippen LogP contribution < -0.4 is 11.1 Å². The molecule has 1 aromatic carbocycles. The number of allylic oxidation sites excluding steroid dienone is 2. The largest absolute Gasteiger partial charge is 0.364 e. The number of hydrogen-bond donors (Lipinski definition) is 2. The first-order valence-electron chi connectivity index (χ1n) is 11.6. The van der Waals surface area contributed by atoms with Crippen LogP contribution in [0.2, 0.25) is 0 Å². The van der Waals surface area contributed by atoms with Crippen molar-refractivity contribution in [1.82, 2.24) is 9.47 Å². The Kier molecular flexibility index (Phi) is 12.4. The van der Waals surface area contributed by atoms with Gasteiger partial charge in [0.15, 0.2) is 11.7 Å². The number of nitrogens with one attached hydrogen (secondary N) is 1. The van der Waals surface area contributed by atoms with Crippen molar-refractivity contribution in [2.45, 2.75) is 60.2 Å². The molecule has 0 aliphatic carbocycles. The molecule has 3 N–H and O–H groups in total. The molecule has 33 heavy (non-hydrogen) atoms. The van der Waals surface area contributed by atoms with E-state index < -0.39 is 0 Å². The summed E-state index contributed by atoms with van der Waals surface area (Å²) in [4.78, 5) is 7.13. The molecule has 1 aliphatic heterocycles. The van der Waals surface area contributed by atoms with Gasteiger partial charge in [-0.3, -0.25) is 4.90 Å². The second kappa shape index (κ2) is 14.4. The fourth-order valence-corrected chi connectivity index (χ4v) is 3.96. The molecule has 182 valence electrons. The van der Waals surface area contributed by atoms with Gasteiger partial charge in [0.05, 0.1) is 0 Å². The average molecular weight is 456 g/mol. The lowest BCUT2D eigenvalue weighted by Gasteiger charge is -2.15. The summed E-state index contributed by atoms with van der Waals surface area (Å²) in [7, 11) is 1.50. The molecule has 1 atom stereocenters. The summed E-state index contributed by atoms with van der Waals surface area (Å²) in [6, 6.07) is 6.30. The number of likely N-dealkylation sites (tertiary alicyclic amines) is 1. The third kappa shape index (κ3) is 8.63. The van der Waals surface area contributed by atoms with E-state index in [1.54, 1.807) is 6.92 Å². The number of rotatable bonds is 6. The number of aryl methyl sites for hydroxylation is 3. The van der Waals surface area contributed by atoms with Crippen LogP contribution in [0.3, 0.4) is 0 Å². The van der Waals surface area contributed by atoms with Crippen molar-refractivity contribution in [3.05, 3.63) is 77.9 Å². The number of halogens is 1. The monoisotopic (exact) mass is 455 g/mol. The highest BCUT2D eigenvalue weighted by Gasteiger charge is 2.17. The maximum atomic E-state index is 14.7. The highest BCUT2D eigenvalue weighted by atomic mass is 19.1. The quantitative estimate of drug-likeness (QED) is 0.321. The molecule has 1 unspecified atom stereocenters. The van der Waals surface area contributed by atoms with Crippen LogP contribution in [0.15, 0.2) is 60.6 Å². The summed E-state index contributed by atoms with van der Waals surface area (Å²) in [5.41, 5.74) is 10.3. The van der Waals surface area contributed by atoms with Crippen molar-refractivity contribution in [3.63, 3.8) is 0 Å². The lowest BCUT2D eigenvalue weighted by atomic mass is 10.1. The first-order valence-corrected chi connectivity index (χ1v) is 11.6. The van der Waals surface area contributed by atoms with E-state index in [2.05, 4.69) is 73.1 Å². The highest BCUT2D eigenvalue weighted by Crippen LogP contribution is 2.19. The van der Waals surface area contributed by atoms with E-state index in [0.29, 0.717) is 5.84 Å². The molecule has 1 fully saturated rings. The molecule has 3 rings (SSSR count). The van der Waals surface area contributed by atoms with E-state index in [9.17, 15) is 4.39 Å². The van der Waals surface area contributed by atoms with E-state index >= 15 is 0 Å². The van der Waals surface area contributed by atoms with Crippen LogP contribution in [0, 0.1) is 20.8 Å². The lowest BCUT2D eigenvalue weighted by molar-refractivity contribution is 0.331. The fourth-order valence-electron chi connectivity index (χ4n) is 3.96. The SMILES string of the molecule is C/C=C(F)\C(=N/C(C)Nc1cc(C)cc(C)c1)n1cc(C)c(CN2CCCC2)c1.C=C.CN. The van der Waals surface area contributed by atoms with Gasteiger partial charge in [0.1, 0.15) is 6.17 Å². The van der Waals surface area contributed by atoms with Crippen LogP contribution >= 0.6 is 0 Å². The fraction of sp³-hybridized carbons (Fsp3) is 0.444. The third-order valence-corrected chi connectivity index (χ3v) is 5.35. The number of hydrogen-bond acceptors (Lipinski definition) is 4. The van der Waals surface area contributed by atoms with Gasteiger partial charge < -0.3 is 15.6 Å². The molecular weight excluding hydrogens is 413 g/mol. The normalized spacial score (nSPS) is 15.3. The molecule has 0 amide bonds. The first kappa shape index (κ1) is 28.3. The standard InChI is InChI=1S/C24H33FN4.C2H4.CH5N/c1-6-23(25)24(27-20(5)26-22-12-17(2)11-18(3)13-22)29-14-19(4)21(16-29)15-28-9-7-8-10-28;2*1-2/h6,11-14,16,20,26H,7-10,15H2,1-5H3;1-2H2;2H2,1H3/b23-6+,27-24+;;. The Hall–Kier alpha value is -2.70. The molecule has 0 spiro atoms. The van der Waals surface area contributed by atoms with E-state index in [1.165, 1.54) is 48.2 Å². The van der Waals surface area contributed by atoms with Gasteiger partial charge in [0, 0.05) is 24.6 Å². The molecule has 6 heteroatoms. The predicted molar refractivity (Wildman–Crippen MR) is 142 cm³/mol. The third-order valence-electron chi connectivity index (χ3n) is 5.35. The van der Waals surface area contributed by atoms with Crippen LogP contribution in [0.1, 0.15) is 48.9 Å². The Bertz CT molecular complexity index is 902. The zero-order valence-corrected chi connectivity index (χ0v) is 21.3. The maximum Gasteiger partial charge on any atom is 0.170 e. The Morgan fingerprint density at radius 2 is 1.70 bits per heavy atom. The van der Waals surface area contributed by atoms with Gasteiger partial charge in [0.2, 0.25) is 0 Å². The molecule has 0 radical (unpaired) electrons. The molecule has 5 nitrogen and oxygen atoms in total. The number of anilines is 1. The summed E-state index contributed by atoms with van der Waals surface area (Å²) in [6.45, 7) is 19.1. The minimum Gasteiger partial charge on any atom is -0.364 e. The van der Waals surface area contributed by atoms with Gasteiger partial charge in [-0.1, -0.05) is 6.07 Å². The number of nitrogens with two attached hydrogens (primary N) is 1. The molecule has 0 bridgehead atoms. The van der Waals surface area contributed by atoms with Gasteiger partial charge in [-0.15, -0.1) is 13.2 Å². The van der Waals surface area contributed by atoms with Crippen LogP contribution in [0.4, 0.5) is 10.1 Å². The molecule has 0 saturated carbocycles. The van der Waals surface area contributed by atoms with Crippen molar-refractivity contribution in [2.75, 3.05) is 25.5 Å². The molecular formula is C27H42FN5. The minimum atomic E-state index is -0.318. The maximum absolute atomic E-state index is 14.7. The number of aliphatic imine (C=N–C) groups is 1. The molecule has 2 aromatic rings. The number of aromatic nitrogens is 1. The summed E-state index contributed by atoms with van der Waals surface area (Å²) in [5.74, 6) is 0.0226. The first-order chi connectivity index (χ1) is 15.9. The van der Waals surface area contributed by atoms with Crippen molar-refractivity contribution in [2.24, 2.45) is 10.7 Å². The molecule has 1 saturated heterocycles. The van der Waals surface area contributed by atoms with Gasteiger partial charge in [-0.2, -0.15) is 0 Å². The van der Waals surface area contributed by atoms with E-state index in [-0.39, 0.29) is 12.0 Å². The van der Waals surface area contributed by atoms with Gasteiger partial charge >= 0.3 is 0 Å². The second-order valence-electron chi connectivity index (χ2n) is 8.14. The highest BCUT2D eigenvalue weighted by molar-refractivity contribution is 5.98. The second-order valence-corrected chi connectivity index (χ2v) is 8.14. The molecule has 1 aromatic heterocycles. The predicted octanol–water partition coefficient (Wildman–Crippen LogP) is 5.96. The van der Waals surface area contributed by atoms with Gasteiger partial charge in [-0.25, -0.2) is 9.38 Å². The van der Waals surface area contributed by atoms with Crippen molar-refractivity contribution in [1.29, 1.82) is 0 Å². The average Bonchev–Trinajstić information content (AvgIpc) is 3.43. The smallest absolute Gasteiger partial charge is 0.170 e. The van der Waals surface area contributed by atoms with Crippen LogP contribution in [0.5, 0.6) is 0 Å². The van der Waals surface area contributed by atoms with Crippen molar-refractivity contribution in [3.8, 4) is 0 Å². The molecule has 2 heterocycles. The summed E-state index contributed by atoms with van der Waals surface area (Å²) in [6.07, 6.45) is 7.75. The Balaban J connectivity index is 0.00000129. The summed E-state index contributed by atoms with van der Waals surface area (Å²) >= 11 is 0. The summed E-state index contributed by atoms with van der Waals surface area (Å²) in [5, 5.41) is 3.38.